The zero-order valence-electron chi connectivity index (χ0n) is 12.3. The van der Waals surface area contributed by atoms with Gasteiger partial charge < -0.3 is 5.32 Å². The Labute approximate surface area is 115 Å². The molecule has 0 aliphatic rings. The van der Waals surface area contributed by atoms with Gasteiger partial charge in [0.1, 0.15) is 0 Å². The average molecular weight is 269 g/mol. The van der Waals surface area contributed by atoms with Crippen LogP contribution >= 0.6 is 0 Å². The quantitative estimate of drug-likeness (QED) is 0.766. The van der Waals surface area contributed by atoms with Gasteiger partial charge >= 0.3 is 0 Å². The molecule has 0 amide bonds. The second-order valence-electron chi connectivity index (χ2n) is 5.59. The van der Waals surface area contributed by atoms with Crippen LogP contribution in [0.1, 0.15) is 50.7 Å². The smallest absolute Gasteiger partial charge is 0.273 e. The molecule has 0 aromatic heterocycles. The standard InChI is InChI=1S/C16H25F2N/c1-5-13(11-19-4)14-7-6-8-15(9-14)16(17,18)10-12(2)3/h6-9,12-13,19H,5,10-11H2,1-4H3. The molecular weight excluding hydrogens is 244 g/mol. The van der Waals surface area contributed by atoms with Crippen molar-refractivity contribution in [1.29, 1.82) is 0 Å². The first-order chi connectivity index (χ1) is 8.90. The van der Waals surface area contributed by atoms with Crippen molar-refractivity contribution in [2.45, 2.75) is 45.5 Å². The Morgan fingerprint density at radius 2 is 1.95 bits per heavy atom. The van der Waals surface area contributed by atoms with Gasteiger partial charge in [0.05, 0.1) is 0 Å². The van der Waals surface area contributed by atoms with Crippen LogP contribution in [0.2, 0.25) is 0 Å². The third kappa shape index (κ3) is 4.57. The van der Waals surface area contributed by atoms with Crippen molar-refractivity contribution in [2.24, 2.45) is 5.92 Å². The molecule has 0 aliphatic heterocycles. The molecule has 1 aromatic rings. The van der Waals surface area contributed by atoms with Gasteiger partial charge in [0.25, 0.3) is 5.92 Å². The van der Waals surface area contributed by atoms with Gasteiger partial charge in [0.15, 0.2) is 0 Å². The van der Waals surface area contributed by atoms with Gasteiger partial charge in [-0.05, 0) is 36.9 Å². The molecule has 0 fully saturated rings. The zero-order valence-corrected chi connectivity index (χ0v) is 12.3. The van der Waals surface area contributed by atoms with Crippen LogP contribution in [0.5, 0.6) is 0 Å². The summed E-state index contributed by atoms with van der Waals surface area (Å²) in [6, 6.07) is 6.91. The number of hydrogen-bond donors (Lipinski definition) is 1. The minimum atomic E-state index is -2.73. The molecule has 3 heteroatoms. The van der Waals surface area contributed by atoms with Crippen molar-refractivity contribution in [2.75, 3.05) is 13.6 Å². The molecule has 0 aliphatic carbocycles. The second-order valence-corrected chi connectivity index (χ2v) is 5.59. The number of halogens is 2. The van der Waals surface area contributed by atoms with E-state index in [1.807, 2.05) is 27.0 Å². The predicted octanol–water partition coefficient (Wildman–Crippen LogP) is 4.54. The van der Waals surface area contributed by atoms with Gasteiger partial charge in [-0.15, -0.1) is 0 Å². The lowest BCUT2D eigenvalue weighted by atomic mass is 9.91. The molecule has 1 rings (SSSR count). The first kappa shape index (κ1) is 16.1. The van der Waals surface area contributed by atoms with Gasteiger partial charge in [-0.3, -0.25) is 0 Å². The van der Waals surface area contributed by atoms with Gasteiger partial charge in [-0.2, -0.15) is 0 Å². The number of alkyl halides is 2. The summed E-state index contributed by atoms with van der Waals surface area (Å²) in [6.45, 7) is 6.55. The van der Waals surface area contributed by atoms with E-state index < -0.39 is 5.92 Å². The SMILES string of the molecule is CCC(CNC)c1cccc(C(F)(F)CC(C)C)c1. The predicted molar refractivity (Wildman–Crippen MR) is 76.7 cm³/mol. The summed E-state index contributed by atoms with van der Waals surface area (Å²) in [6.07, 6.45) is 0.847. The number of benzene rings is 1. The fraction of sp³-hybridized carbons (Fsp3) is 0.625. The lowest BCUT2D eigenvalue weighted by Gasteiger charge is -2.21. The molecule has 1 nitrogen and oxygen atoms in total. The van der Waals surface area contributed by atoms with Gasteiger partial charge in [0.2, 0.25) is 0 Å². The van der Waals surface area contributed by atoms with Crippen LogP contribution in [0.4, 0.5) is 8.78 Å². The van der Waals surface area contributed by atoms with Crippen molar-refractivity contribution >= 4 is 0 Å². The maximum Gasteiger partial charge on any atom is 0.273 e. The molecule has 0 heterocycles. The number of likely N-dealkylation sites (N-methyl/N-ethyl adjacent to an activating group) is 1. The maximum absolute atomic E-state index is 14.1. The third-order valence-corrected chi connectivity index (χ3v) is 3.39. The molecular formula is C16H25F2N. The number of rotatable bonds is 7. The van der Waals surface area contributed by atoms with E-state index in [-0.39, 0.29) is 17.9 Å². The summed E-state index contributed by atoms with van der Waals surface area (Å²) in [4.78, 5) is 0. The lowest BCUT2D eigenvalue weighted by molar-refractivity contribution is -0.0250. The minimum Gasteiger partial charge on any atom is -0.319 e. The highest BCUT2D eigenvalue weighted by molar-refractivity contribution is 5.29. The van der Waals surface area contributed by atoms with E-state index >= 15 is 0 Å². The molecule has 1 unspecified atom stereocenters. The van der Waals surface area contributed by atoms with E-state index in [4.69, 9.17) is 0 Å². The highest BCUT2D eigenvalue weighted by atomic mass is 19.3. The van der Waals surface area contributed by atoms with Gasteiger partial charge in [-0.1, -0.05) is 39.0 Å². The summed E-state index contributed by atoms with van der Waals surface area (Å²) in [5.74, 6) is -2.46. The van der Waals surface area contributed by atoms with Crippen LogP contribution < -0.4 is 5.32 Å². The van der Waals surface area contributed by atoms with E-state index in [9.17, 15) is 8.78 Å². The van der Waals surface area contributed by atoms with E-state index in [2.05, 4.69) is 12.2 Å². The first-order valence-corrected chi connectivity index (χ1v) is 7.03. The van der Waals surface area contributed by atoms with Crippen molar-refractivity contribution in [3.63, 3.8) is 0 Å². The van der Waals surface area contributed by atoms with E-state index in [1.54, 1.807) is 12.1 Å². The number of nitrogens with one attached hydrogen (secondary N) is 1. The maximum atomic E-state index is 14.1. The second kappa shape index (κ2) is 6.99. The van der Waals surface area contributed by atoms with Crippen molar-refractivity contribution in [3.05, 3.63) is 35.4 Å². The summed E-state index contributed by atoms with van der Waals surface area (Å²) in [7, 11) is 1.89. The summed E-state index contributed by atoms with van der Waals surface area (Å²) in [5, 5.41) is 3.12. The molecule has 0 radical (unpaired) electrons. The van der Waals surface area contributed by atoms with Crippen LogP contribution in [0, 0.1) is 5.92 Å². The van der Waals surface area contributed by atoms with E-state index in [0.29, 0.717) is 5.92 Å². The van der Waals surface area contributed by atoms with Crippen molar-refractivity contribution < 1.29 is 8.78 Å². The molecule has 108 valence electrons. The Hall–Kier alpha value is -0.960. The number of hydrogen-bond acceptors (Lipinski definition) is 1. The average Bonchev–Trinajstić information content (AvgIpc) is 2.34. The topological polar surface area (TPSA) is 12.0 Å². The monoisotopic (exact) mass is 269 g/mol. The molecule has 0 bridgehead atoms. The Bertz CT molecular complexity index is 388. The first-order valence-electron chi connectivity index (χ1n) is 7.03. The highest BCUT2D eigenvalue weighted by Gasteiger charge is 2.32. The third-order valence-electron chi connectivity index (χ3n) is 3.39. The molecule has 1 N–H and O–H groups in total. The van der Waals surface area contributed by atoms with Crippen LogP contribution in [-0.4, -0.2) is 13.6 Å². The fourth-order valence-corrected chi connectivity index (χ4v) is 2.39. The lowest BCUT2D eigenvalue weighted by Crippen LogP contribution is -2.19. The Balaban J connectivity index is 2.98. The zero-order chi connectivity index (χ0) is 14.5. The molecule has 1 aromatic carbocycles. The minimum absolute atomic E-state index is 0.0158. The molecule has 1 atom stereocenters. The largest absolute Gasteiger partial charge is 0.319 e. The van der Waals surface area contributed by atoms with Crippen LogP contribution in [0.15, 0.2) is 24.3 Å². The fourth-order valence-electron chi connectivity index (χ4n) is 2.39. The van der Waals surface area contributed by atoms with Crippen LogP contribution in [-0.2, 0) is 5.92 Å². The van der Waals surface area contributed by atoms with Crippen LogP contribution in [0.3, 0.4) is 0 Å². The van der Waals surface area contributed by atoms with Gasteiger partial charge in [-0.25, -0.2) is 8.78 Å². The van der Waals surface area contributed by atoms with Crippen molar-refractivity contribution in [3.8, 4) is 0 Å². The van der Waals surface area contributed by atoms with Gasteiger partial charge in [0, 0.05) is 18.5 Å². The molecule has 0 saturated carbocycles. The summed E-state index contributed by atoms with van der Waals surface area (Å²) < 4.78 is 28.2. The Morgan fingerprint density at radius 1 is 1.26 bits per heavy atom. The Morgan fingerprint density at radius 3 is 2.47 bits per heavy atom. The van der Waals surface area contributed by atoms with Crippen molar-refractivity contribution in [1.82, 2.24) is 5.32 Å². The summed E-state index contributed by atoms with van der Waals surface area (Å²) in [5.41, 5.74) is 1.14. The normalized spacial score (nSPS) is 13.8. The van der Waals surface area contributed by atoms with Crippen LogP contribution in [0.25, 0.3) is 0 Å². The Kier molecular flexibility index (Phi) is 5.92. The molecule has 19 heavy (non-hydrogen) atoms. The highest BCUT2D eigenvalue weighted by Crippen LogP contribution is 2.36. The molecule has 0 saturated heterocycles. The summed E-state index contributed by atoms with van der Waals surface area (Å²) >= 11 is 0. The van der Waals surface area contributed by atoms with E-state index in [0.717, 1.165) is 18.5 Å². The van der Waals surface area contributed by atoms with E-state index in [1.165, 1.54) is 6.07 Å². The molecule has 0 spiro atoms.